The Kier molecular flexibility index (Phi) is 112. The third-order valence-corrected chi connectivity index (χ3v) is 0.707. The van der Waals surface area contributed by atoms with E-state index in [2.05, 4.69) is 25.3 Å². The topological polar surface area (TPSA) is 55.3 Å². The van der Waals surface area contributed by atoms with Crippen molar-refractivity contribution in [1.82, 2.24) is 0 Å². The van der Waals surface area contributed by atoms with E-state index in [1.807, 2.05) is 0 Å². The Balaban J connectivity index is -0.0000000231. The van der Waals surface area contributed by atoms with Crippen molar-refractivity contribution < 1.29 is 49.4 Å². The van der Waals surface area contributed by atoms with Crippen molar-refractivity contribution in [1.29, 1.82) is 0 Å². The number of quaternary nitrogens is 2. The summed E-state index contributed by atoms with van der Waals surface area (Å²) in [6.45, 7) is 6.38. The summed E-state index contributed by atoms with van der Waals surface area (Å²) < 4.78 is 0. The molecule has 0 fully saturated rings. The van der Waals surface area contributed by atoms with Crippen LogP contribution in [0.25, 0.3) is 0 Å². The predicted octanol–water partition coefficient (Wildman–Crippen LogP) is -5.34. The van der Waals surface area contributed by atoms with Gasteiger partial charge in [0.05, 0.1) is 13.1 Å². The van der Waals surface area contributed by atoms with Gasteiger partial charge in [-0.25, -0.2) is 0 Å². The summed E-state index contributed by atoms with van der Waals surface area (Å²) in [4.78, 5) is 0. The van der Waals surface area contributed by atoms with Crippen LogP contribution in [0.2, 0.25) is 0 Å². The van der Waals surface area contributed by atoms with Gasteiger partial charge in [-0.1, -0.05) is 13.8 Å². The molecule has 0 saturated carbocycles. The first-order chi connectivity index (χ1) is 5.24. The van der Waals surface area contributed by atoms with Gasteiger partial charge >= 0.3 is 33.3 Å². The van der Waals surface area contributed by atoms with Gasteiger partial charge in [0.2, 0.25) is 0 Å². The van der Waals surface area contributed by atoms with Crippen LogP contribution in [0.15, 0.2) is 0 Å². The van der Waals surface area contributed by atoms with E-state index >= 15 is 0 Å². The van der Waals surface area contributed by atoms with Crippen LogP contribution < -0.4 is 36.3 Å². The monoisotopic (exact) mass is 315 g/mol. The van der Waals surface area contributed by atoms with Crippen molar-refractivity contribution in [3.8, 4) is 0 Å². The number of rotatable bonds is 2. The van der Waals surface area contributed by atoms with Gasteiger partial charge in [0, 0.05) is 0 Å². The van der Waals surface area contributed by atoms with Crippen LogP contribution in [-0.4, -0.2) is 13.1 Å². The first-order valence-electron chi connectivity index (χ1n) is 3.70. The Morgan fingerprint density at radius 1 is 0.923 bits per heavy atom. The average molecular weight is 317 g/mol. The van der Waals surface area contributed by atoms with Crippen molar-refractivity contribution in [2.75, 3.05) is 13.1 Å². The predicted molar refractivity (Wildman–Crippen MR) is 47.8 cm³/mol. The Bertz CT molecular complexity index is 37.8. The Morgan fingerprint density at radius 2 is 1.00 bits per heavy atom. The van der Waals surface area contributed by atoms with E-state index in [1.54, 1.807) is 0 Å². The maximum atomic E-state index is 4.80. The quantitative estimate of drug-likeness (QED) is 0.478. The maximum absolute atomic E-state index is 4.80. The molecule has 0 amide bonds. The van der Waals surface area contributed by atoms with Crippen molar-refractivity contribution in [3.63, 3.8) is 0 Å². The zero-order valence-corrected chi connectivity index (χ0v) is 12.3. The summed E-state index contributed by atoms with van der Waals surface area (Å²) in [5, 5.41) is 0. The SMILES string of the molecule is CCC[NH3+].CCC[NH3+].[Cl-].[Cl-].[Cl][Mn][Cl]. The molecule has 89 valence electrons. The molecule has 0 saturated heterocycles. The molecular formula is C6H20Cl4MnN2. The second kappa shape index (κ2) is 49.6. The molecule has 0 heterocycles. The molecule has 0 radical (unpaired) electrons. The summed E-state index contributed by atoms with van der Waals surface area (Å²) in [5.74, 6) is 0. The first-order valence-corrected chi connectivity index (χ1v) is 6.95. The molecular weight excluding hydrogens is 297 g/mol. The van der Waals surface area contributed by atoms with Gasteiger partial charge in [0.25, 0.3) is 0 Å². The molecule has 0 aromatic carbocycles. The fraction of sp³-hybridized carbons (Fsp3) is 1.00. The number of hydrogen-bond acceptors (Lipinski definition) is 0. The van der Waals surface area contributed by atoms with Crippen LogP contribution in [0.5, 0.6) is 0 Å². The van der Waals surface area contributed by atoms with Crippen molar-refractivity contribution in [3.05, 3.63) is 0 Å². The van der Waals surface area contributed by atoms with Crippen LogP contribution >= 0.6 is 20.2 Å². The minimum atomic E-state index is 0. The second-order valence-corrected chi connectivity index (χ2v) is 3.71. The summed E-state index contributed by atoms with van der Waals surface area (Å²) in [6, 6.07) is 0. The Morgan fingerprint density at radius 3 is 1.00 bits per heavy atom. The molecule has 13 heavy (non-hydrogen) atoms. The van der Waals surface area contributed by atoms with Gasteiger partial charge in [0.1, 0.15) is 0 Å². The van der Waals surface area contributed by atoms with Crippen molar-refractivity contribution in [2.45, 2.75) is 26.7 Å². The van der Waals surface area contributed by atoms with Crippen LogP contribution in [0.4, 0.5) is 0 Å². The van der Waals surface area contributed by atoms with Crippen molar-refractivity contribution in [2.24, 2.45) is 0 Å². The van der Waals surface area contributed by atoms with Crippen LogP contribution in [0.1, 0.15) is 26.7 Å². The molecule has 0 aliphatic rings. The number of halogens is 4. The normalized spacial score (nSPS) is 6.00. The van der Waals surface area contributed by atoms with E-state index in [-0.39, 0.29) is 37.9 Å². The molecule has 0 aliphatic heterocycles. The zero-order valence-electron chi connectivity index (χ0n) is 8.13. The molecule has 0 spiro atoms. The van der Waals surface area contributed by atoms with Gasteiger partial charge in [-0.05, 0) is 12.8 Å². The Labute approximate surface area is 109 Å². The molecule has 0 aromatic heterocycles. The molecule has 0 unspecified atom stereocenters. The Hall–Kier alpha value is 1.60. The minimum absolute atomic E-state index is 0. The summed E-state index contributed by atoms with van der Waals surface area (Å²) in [7, 11) is 9.59. The second-order valence-electron chi connectivity index (χ2n) is 1.76. The van der Waals surface area contributed by atoms with Gasteiger partial charge in [-0.15, -0.1) is 0 Å². The first kappa shape index (κ1) is 29.3. The average Bonchev–Trinajstić information content (AvgIpc) is 2.06. The third kappa shape index (κ3) is 141. The summed E-state index contributed by atoms with van der Waals surface area (Å²) >= 11 is 0.00694. The molecule has 2 nitrogen and oxygen atoms in total. The molecule has 0 aromatic rings. The fourth-order valence-electron chi connectivity index (χ4n) is 0. The van der Waals surface area contributed by atoms with E-state index in [0.717, 1.165) is 13.1 Å². The fourth-order valence-corrected chi connectivity index (χ4v) is 0. The summed E-state index contributed by atoms with van der Waals surface area (Å²) in [5.41, 5.74) is 7.21. The standard InChI is InChI=1S/2C3H9N.4ClH.Mn/c2*1-2-3-4;;;;;/h2*2-4H2,1H3;4*1H;/q;;;;;;+2/p-2. The number of hydrogen-bond donors (Lipinski definition) is 2. The molecule has 6 N–H and O–H groups in total. The van der Waals surface area contributed by atoms with Gasteiger partial charge in [-0.3, -0.25) is 0 Å². The van der Waals surface area contributed by atoms with Crippen LogP contribution in [-0.2, 0) is 13.1 Å². The van der Waals surface area contributed by atoms with Crippen molar-refractivity contribution >= 4 is 20.2 Å². The van der Waals surface area contributed by atoms with E-state index < -0.39 is 0 Å². The van der Waals surface area contributed by atoms with Gasteiger partial charge in [-0.2, -0.15) is 0 Å². The summed E-state index contributed by atoms with van der Waals surface area (Å²) in [6.07, 6.45) is 2.42. The van der Waals surface area contributed by atoms with E-state index in [0.29, 0.717) is 0 Å². The van der Waals surface area contributed by atoms with Gasteiger partial charge in [0.15, 0.2) is 0 Å². The van der Waals surface area contributed by atoms with E-state index in [9.17, 15) is 0 Å². The molecule has 7 heteroatoms. The molecule has 0 atom stereocenters. The molecule has 0 aliphatic carbocycles. The van der Waals surface area contributed by atoms with Gasteiger partial charge < -0.3 is 36.3 Å². The zero-order chi connectivity index (χ0) is 9.54. The molecule has 0 rings (SSSR count). The third-order valence-electron chi connectivity index (χ3n) is 0.707. The van der Waals surface area contributed by atoms with Crippen LogP contribution in [0.3, 0.4) is 0 Å². The van der Waals surface area contributed by atoms with E-state index in [4.69, 9.17) is 20.2 Å². The molecule has 0 bridgehead atoms. The van der Waals surface area contributed by atoms with E-state index in [1.165, 1.54) is 12.8 Å². The van der Waals surface area contributed by atoms with Crippen LogP contribution in [0, 0.1) is 0 Å².